The molecule has 0 radical (unpaired) electrons. The predicted molar refractivity (Wildman–Crippen MR) is 87.1 cm³/mol. The van der Waals surface area contributed by atoms with Crippen molar-refractivity contribution in [2.24, 2.45) is 0 Å². The highest BCUT2D eigenvalue weighted by Crippen LogP contribution is 2.30. The number of nitrogens with one attached hydrogen (secondary N) is 1. The molecule has 2 rings (SSSR count). The summed E-state index contributed by atoms with van der Waals surface area (Å²) >= 11 is 6.17. The lowest BCUT2D eigenvalue weighted by atomic mass is 10.2. The van der Waals surface area contributed by atoms with Gasteiger partial charge < -0.3 is 15.0 Å². The van der Waals surface area contributed by atoms with Gasteiger partial charge in [0.1, 0.15) is 11.4 Å². The standard InChI is InChI=1S/C15H17ClN4O2/c1-9-7-12(19-15(17-2)18-9)14(21)20(3)13-8-10(22-4)5-6-11(13)16/h5-8H,1-4H3,(H,17,18,19). The van der Waals surface area contributed by atoms with Gasteiger partial charge in [-0.25, -0.2) is 9.97 Å². The normalized spacial score (nSPS) is 10.2. The van der Waals surface area contributed by atoms with Crippen molar-refractivity contribution in [3.8, 4) is 5.75 Å². The number of methoxy groups -OCH3 is 1. The SMILES string of the molecule is CNc1nc(C)cc(C(=O)N(C)c2cc(OC)ccc2Cl)n1. The Kier molecular flexibility index (Phi) is 4.82. The summed E-state index contributed by atoms with van der Waals surface area (Å²) in [6, 6.07) is 6.75. The fourth-order valence-corrected chi connectivity index (χ4v) is 2.19. The molecular formula is C15H17ClN4O2. The number of rotatable bonds is 4. The van der Waals surface area contributed by atoms with Crippen molar-refractivity contribution >= 4 is 29.1 Å². The Balaban J connectivity index is 2.39. The number of benzene rings is 1. The number of amides is 1. The number of halogens is 1. The summed E-state index contributed by atoms with van der Waals surface area (Å²) in [6.07, 6.45) is 0. The van der Waals surface area contributed by atoms with Crippen LogP contribution in [0.2, 0.25) is 5.02 Å². The molecule has 0 aliphatic carbocycles. The van der Waals surface area contributed by atoms with Gasteiger partial charge in [-0.1, -0.05) is 11.6 Å². The van der Waals surface area contributed by atoms with E-state index in [0.717, 1.165) is 0 Å². The summed E-state index contributed by atoms with van der Waals surface area (Å²) in [7, 11) is 4.90. The number of hydrogen-bond donors (Lipinski definition) is 1. The van der Waals surface area contributed by atoms with Crippen molar-refractivity contribution in [2.45, 2.75) is 6.92 Å². The minimum Gasteiger partial charge on any atom is -0.497 e. The Morgan fingerprint density at radius 2 is 2.05 bits per heavy atom. The molecule has 1 aromatic heterocycles. The second-order valence-electron chi connectivity index (χ2n) is 4.65. The first-order valence-corrected chi connectivity index (χ1v) is 6.99. The van der Waals surface area contributed by atoms with E-state index in [0.29, 0.717) is 33.8 Å². The molecule has 0 fully saturated rings. The molecule has 0 unspecified atom stereocenters. The van der Waals surface area contributed by atoms with Gasteiger partial charge in [0.25, 0.3) is 5.91 Å². The largest absolute Gasteiger partial charge is 0.497 e. The Bertz CT molecular complexity index is 706. The van der Waals surface area contributed by atoms with Crippen LogP contribution in [0.4, 0.5) is 11.6 Å². The van der Waals surface area contributed by atoms with E-state index in [1.807, 2.05) is 0 Å². The number of hydrogen-bond acceptors (Lipinski definition) is 5. The van der Waals surface area contributed by atoms with Crippen LogP contribution >= 0.6 is 11.6 Å². The van der Waals surface area contributed by atoms with Gasteiger partial charge >= 0.3 is 0 Å². The van der Waals surface area contributed by atoms with Crippen LogP contribution in [-0.4, -0.2) is 37.1 Å². The highest BCUT2D eigenvalue weighted by Gasteiger charge is 2.19. The summed E-state index contributed by atoms with van der Waals surface area (Å²) in [5.74, 6) is 0.736. The lowest BCUT2D eigenvalue weighted by Gasteiger charge is -2.19. The molecule has 1 amide bonds. The van der Waals surface area contributed by atoms with E-state index < -0.39 is 0 Å². The van der Waals surface area contributed by atoms with Crippen LogP contribution in [0.3, 0.4) is 0 Å². The number of ether oxygens (including phenoxy) is 1. The van der Waals surface area contributed by atoms with Gasteiger partial charge in [-0.15, -0.1) is 0 Å². The number of anilines is 2. The summed E-state index contributed by atoms with van der Waals surface area (Å²) < 4.78 is 5.17. The smallest absolute Gasteiger partial charge is 0.276 e. The molecule has 22 heavy (non-hydrogen) atoms. The van der Waals surface area contributed by atoms with Crippen LogP contribution in [0.15, 0.2) is 24.3 Å². The fraction of sp³-hybridized carbons (Fsp3) is 0.267. The van der Waals surface area contributed by atoms with Crippen molar-refractivity contribution in [1.82, 2.24) is 9.97 Å². The summed E-state index contributed by atoms with van der Waals surface area (Å²) in [5, 5.41) is 3.29. The lowest BCUT2D eigenvalue weighted by molar-refractivity contribution is 0.0988. The van der Waals surface area contributed by atoms with Crippen molar-refractivity contribution in [3.05, 3.63) is 40.7 Å². The van der Waals surface area contributed by atoms with Crippen LogP contribution in [0.25, 0.3) is 0 Å². The molecule has 1 heterocycles. The third kappa shape index (κ3) is 3.28. The first kappa shape index (κ1) is 16.0. The highest BCUT2D eigenvalue weighted by molar-refractivity contribution is 6.34. The molecule has 116 valence electrons. The number of aromatic nitrogens is 2. The van der Waals surface area contributed by atoms with Gasteiger partial charge in [-0.05, 0) is 25.1 Å². The number of aryl methyl sites for hydroxylation is 1. The molecule has 2 aromatic rings. The van der Waals surface area contributed by atoms with Crippen molar-refractivity contribution in [1.29, 1.82) is 0 Å². The number of carbonyl (C=O) groups is 1. The van der Waals surface area contributed by atoms with Gasteiger partial charge in [0.15, 0.2) is 0 Å². The summed E-state index contributed by atoms with van der Waals surface area (Å²) in [4.78, 5) is 22.4. The van der Waals surface area contributed by atoms with E-state index in [1.165, 1.54) is 4.90 Å². The van der Waals surface area contributed by atoms with E-state index in [1.54, 1.807) is 52.4 Å². The molecule has 7 heteroatoms. The van der Waals surface area contributed by atoms with Crippen LogP contribution in [-0.2, 0) is 0 Å². The molecule has 1 aromatic carbocycles. The van der Waals surface area contributed by atoms with Gasteiger partial charge in [-0.2, -0.15) is 0 Å². The Hall–Kier alpha value is -2.34. The topological polar surface area (TPSA) is 67.4 Å². The summed E-state index contributed by atoms with van der Waals surface area (Å²) in [5.41, 5.74) is 1.54. The maximum atomic E-state index is 12.6. The minimum absolute atomic E-state index is 0.280. The van der Waals surface area contributed by atoms with Gasteiger partial charge in [-0.3, -0.25) is 4.79 Å². The molecule has 6 nitrogen and oxygen atoms in total. The zero-order chi connectivity index (χ0) is 16.3. The molecule has 0 aliphatic rings. The van der Waals surface area contributed by atoms with Crippen molar-refractivity contribution in [3.63, 3.8) is 0 Å². The second-order valence-corrected chi connectivity index (χ2v) is 5.06. The van der Waals surface area contributed by atoms with Crippen molar-refractivity contribution in [2.75, 3.05) is 31.4 Å². The van der Waals surface area contributed by atoms with Crippen LogP contribution in [0, 0.1) is 6.92 Å². The second kappa shape index (κ2) is 6.62. The Morgan fingerprint density at radius 1 is 1.32 bits per heavy atom. The maximum Gasteiger partial charge on any atom is 0.276 e. The number of carbonyl (C=O) groups excluding carboxylic acids is 1. The Morgan fingerprint density at radius 3 is 2.68 bits per heavy atom. The fourth-order valence-electron chi connectivity index (χ4n) is 1.95. The van der Waals surface area contributed by atoms with Gasteiger partial charge in [0, 0.05) is 25.9 Å². The molecule has 0 spiro atoms. The third-order valence-corrected chi connectivity index (χ3v) is 3.44. The van der Waals surface area contributed by atoms with E-state index in [-0.39, 0.29) is 5.91 Å². The monoisotopic (exact) mass is 320 g/mol. The molecule has 0 aliphatic heterocycles. The minimum atomic E-state index is -0.280. The van der Waals surface area contributed by atoms with E-state index in [2.05, 4.69) is 15.3 Å². The first-order chi connectivity index (χ1) is 10.5. The van der Waals surface area contributed by atoms with Gasteiger partial charge in [0.2, 0.25) is 5.95 Å². The Labute approximate surface area is 134 Å². The highest BCUT2D eigenvalue weighted by atomic mass is 35.5. The van der Waals surface area contributed by atoms with E-state index >= 15 is 0 Å². The quantitative estimate of drug-likeness (QED) is 0.938. The van der Waals surface area contributed by atoms with E-state index in [4.69, 9.17) is 16.3 Å². The van der Waals surface area contributed by atoms with E-state index in [9.17, 15) is 4.79 Å². The van der Waals surface area contributed by atoms with Gasteiger partial charge in [0.05, 0.1) is 17.8 Å². The summed E-state index contributed by atoms with van der Waals surface area (Å²) in [6.45, 7) is 1.80. The predicted octanol–water partition coefficient (Wildman–Crippen LogP) is 2.77. The average Bonchev–Trinajstić information content (AvgIpc) is 2.53. The molecule has 0 saturated carbocycles. The number of nitrogens with zero attached hydrogens (tertiary/aromatic N) is 3. The molecule has 1 N–H and O–H groups in total. The zero-order valence-corrected chi connectivity index (χ0v) is 13.6. The first-order valence-electron chi connectivity index (χ1n) is 6.61. The molecular weight excluding hydrogens is 304 g/mol. The maximum absolute atomic E-state index is 12.6. The van der Waals surface area contributed by atoms with Crippen LogP contribution in [0.1, 0.15) is 16.2 Å². The van der Waals surface area contributed by atoms with Crippen LogP contribution < -0.4 is 15.0 Å². The lowest BCUT2D eigenvalue weighted by Crippen LogP contribution is -2.28. The van der Waals surface area contributed by atoms with Crippen molar-refractivity contribution < 1.29 is 9.53 Å². The third-order valence-electron chi connectivity index (χ3n) is 3.12. The molecule has 0 saturated heterocycles. The molecule has 0 atom stereocenters. The zero-order valence-electron chi connectivity index (χ0n) is 12.8. The molecule has 0 bridgehead atoms. The average molecular weight is 321 g/mol. The van der Waals surface area contributed by atoms with Crippen LogP contribution in [0.5, 0.6) is 5.75 Å².